The van der Waals surface area contributed by atoms with Crippen LogP contribution in [0.5, 0.6) is 0 Å². The highest BCUT2D eigenvalue weighted by molar-refractivity contribution is 5.69. The molecule has 0 aliphatic carbocycles. The Morgan fingerprint density at radius 2 is 1.58 bits per heavy atom. The quantitative estimate of drug-likeness (QED) is 0.0796. The fraction of sp³-hybridized carbons (Fsp3) is 0.885. The minimum atomic E-state index is -0.938. The van der Waals surface area contributed by atoms with Crippen molar-refractivity contribution in [2.45, 2.75) is 128 Å². The van der Waals surface area contributed by atoms with Gasteiger partial charge in [0.2, 0.25) is 0 Å². The highest BCUT2D eigenvalue weighted by Gasteiger charge is 2.44. The van der Waals surface area contributed by atoms with Gasteiger partial charge < -0.3 is 19.7 Å². The van der Waals surface area contributed by atoms with E-state index < -0.39 is 24.4 Å². The number of hydrogen-bond acceptors (Lipinski definition) is 7. The number of hydrogen-bond donors (Lipinski definition) is 2. The van der Waals surface area contributed by atoms with Crippen molar-refractivity contribution in [2.75, 3.05) is 19.8 Å². The summed E-state index contributed by atoms with van der Waals surface area (Å²) in [6, 6.07) is 0. The molecule has 1 aliphatic heterocycles. The largest absolute Gasteiger partial charge is 0.457 e. The number of carbonyl (C=O) groups excluding carboxylic acids is 1. The van der Waals surface area contributed by atoms with Gasteiger partial charge in [-0.1, -0.05) is 70.4 Å². The molecule has 0 radical (unpaired) electrons. The second-order valence-electron chi connectivity index (χ2n) is 8.88. The van der Waals surface area contributed by atoms with E-state index in [-0.39, 0.29) is 19.2 Å². The van der Waals surface area contributed by atoms with Crippen molar-refractivity contribution in [1.82, 2.24) is 0 Å². The minimum absolute atomic E-state index is 0.0298. The Kier molecular flexibility index (Phi) is 18.6. The van der Waals surface area contributed by atoms with Crippen LogP contribution in [0.25, 0.3) is 0 Å². The molecule has 7 heteroatoms. The van der Waals surface area contributed by atoms with Gasteiger partial charge in [0, 0.05) is 6.42 Å². The van der Waals surface area contributed by atoms with Crippen LogP contribution in [0.1, 0.15) is 104 Å². The highest BCUT2D eigenvalue weighted by Crippen LogP contribution is 2.23. The maximum Gasteiger partial charge on any atom is 0.306 e. The summed E-state index contributed by atoms with van der Waals surface area (Å²) >= 11 is 0. The zero-order valence-electron chi connectivity index (χ0n) is 20.9. The normalized spacial score (nSPS) is 21.6. The van der Waals surface area contributed by atoms with Gasteiger partial charge in [0.05, 0.1) is 19.8 Å². The summed E-state index contributed by atoms with van der Waals surface area (Å²) in [5.74, 6) is -0.361. The highest BCUT2D eigenvalue weighted by atomic mass is 17.2. The molecular formula is C26H48O7. The third kappa shape index (κ3) is 14.1. The number of ether oxygens (including phenoxy) is 2. The molecule has 0 aromatic heterocycles. The Hall–Kier alpha value is -0.990. The van der Waals surface area contributed by atoms with Crippen LogP contribution in [-0.4, -0.2) is 60.4 Å². The van der Waals surface area contributed by atoms with E-state index >= 15 is 0 Å². The number of esters is 1. The first kappa shape index (κ1) is 30.0. The number of allylic oxidation sites excluding steroid dienone is 2. The maximum atomic E-state index is 12.2. The lowest BCUT2D eigenvalue weighted by atomic mass is 10.1. The molecule has 2 N–H and O–H groups in total. The van der Waals surface area contributed by atoms with E-state index in [9.17, 15) is 15.0 Å². The lowest BCUT2D eigenvalue weighted by Gasteiger charge is -2.26. The molecule has 0 aromatic rings. The Labute approximate surface area is 200 Å². The minimum Gasteiger partial charge on any atom is -0.457 e. The van der Waals surface area contributed by atoms with E-state index in [1.807, 2.05) is 0 Å². The monoisotopic (exact) mass is 472 g/mol. The molecule has 0 amide bonds. The van der Waals surface area contributed by atoms with Crippen molar-refractivity contribution >= 4 is 5.97 Å². The molecule has 1 rings (SSSR count). The average Bonchev–Trinajstić information content (AvgIpc) is 3.17. The molecule has 0 aromatic carbocycles. The third-order valence-electron chi connectivity index (χ3n) is 5.93. The van der Waals surface area contributed by atoms with Crippen molar-refractivity contribution in [2.24, 2.45) is 0 Å². The van der Waals surface area contributed by atoms with Gasteiger partial charge in [-0.3, -0.25) is 4.79 Å². The van der Waals surface area contributed by atoms with Gasteiger partial charge in [0.1, 0.15) is 18.3 Å². The number of unbranched alkanes of at least 4 members (excludes halogenated alkanes) is 11. The van der Waals surface area contributed by atoms with Crippen molar-refractivity contribution in [1.29, 1.82) is 0 Å². The summed E-state index contributed by atoms with van der Waals surface area (Å²) in [6.07, 6.45) is 17.2. The summed E-state index contributed by atoms with van der Waals surface area (Å²) < 4.78 is 10.9. The molecule has 0 unspecified atom stereocenters. The van der Waals surface area contributed by atoms with Gasteiger partial charge in [-0.2, -0.15) is 0 Å². The van der Waals surface area contributed by atoms with E-state index in [1.165, 1.54) is 57.8 Å². The molecule has 1 heterocycles. The average molecular weight is 473 g/mol. The van der Waals surface area contributed by atoms with Crippen molar-refractivity contribution < 1.29 is 34.3 Å². The number of carbonyl (C=O) groups is 1. The molecule has 33 heavy (non-hydrogen) atoms. The first-order chi connectivity index (χ1) is 16.1. The molecule has 1 saturated heterocycles. The van der Waals surface area contributed by atoms with Gasteiger partial charge >= 0.3 is 5.97 Å². The molecule has 194 valence electrons. The summed E-state index contributed by atoms with van der Waals surface area (Å²) in [4.78, 5) is 22.2. The topological polar surface area (TPSA) is 94.5 Å². The molecular weight excluding hydrogens is 424 g/mol. The third-order valence-corrected chi connectivity index (χ3v) is 5.93. The zero-order valence-corrected chi connectivity index (χ0v) is 20.9. The summed E-state index contributed by atoms with van der Waals surface area (Å²) in [5, 5.41) is 19.6. The Balaban J connectivity index is 2.06. The molecule has 1 aliphatic rings. The second kappa shape index (κ2) is 20.4. The summed E-state index contributed by atoms with van der Waals surface area (Å²) in [7, 11) is 0. The van der Waals surface area contributed by atoms with Gasteiger partial charge in [0.25, 0.3) is 0 Å². The number of rotatable bonds is 21. The van der Waals surface area contributed by atoms with Crippen LogP contribution in [0.15, 0.2) is 12.2 Å². The van der Waals surface area contributed by atoms with E-state index in [1.54, 1.807) is 6.92 Å². The number of aliphatic hydroxyl groups excluding tert-OH is 2. The predicted molar refractivity (Wildman–Crippen MR) is 129 cm³/mol. The lowest BCUT2D eigenvalue weighted by molar-refractivity contribution is -0.343. The van der Waals surface area contributed by atoms with E-state index in [2.05, 4.69) is 19.1 Å². The molecule has 4 atom stereocenters. The van der Waals surface area contributed by atoms with Gasteiger partial charge in [-0.05, 0) is 39.0 Å². The van der Waals surface area contributed by atoms with E-state index in [0.29, 0.717) is 13.0 Å². The van der Waals surface area contributed by atoms with Crippen LogP contribution in [0, 0.1) is 0 Å². The fourth-order valence-electron chi connectivity index (χ4n) is 3.98. The van der Waals surface area contributed by atoms with E-state index in [4.69, 9.17) is 19.2 Å². The van der Waals surface area contributed by atoms with Gasteiger partial charge in [-0.15, -0.1) is 0 Å². The first-order valence-corrected chi connectivity index (χ1v) is 13.2. The van der Waals surface area contributed by atoms with Crippen LogP contribution in [-0.2, 0) is 24.0 Å². The summed E-state index contributed by atoms with van der Waals surface area (Å²) in [5.41, 5.74) is 0. The van der Waals surface area contributed by atoms with Gasteiger partial charge in [0.15, 0.2) is 6.10 Å². The summed E-state index contributed by atoms with van der Waals surface area (Å²) in [6.45, 7) is 3.98. The van der Waals surface area contributed by atoms with Crippen LogP contribution in [0.2, 0.25) is 0 Å². The first-order valence-electron chi connectivity index (χ1n) is 13.2. The molecule has 0 bridgehead atoms. The van der Waals surface area contributed by atoms with E-state index in [0.717, 1.165) is 25.7 Å². The SMILES string of the molecule is CCCCCCCCC=CCCCCCCCC(=O)O[C@H]1[C@@H]([C@@H](CO)OOCC)OC[C@@H]1O. The molecule has 7 nitrogen and oxygen atoms in total. The molecule has 1 fully saturated rings. The Bertz CT molecular complexity index is 497. The Morgan fingerprint density at radius 1 is 0.970 bits per heavy atom. The molecule has 0 saturated carbocycles. The molecule has 0 spiro atoms. The second-order valence-corrected chi connectivity index (χ2v) is 8.88. The lowest BCUT2D eigenvalue weighted by Crippen LogP contribution is -2.44. The van der Waals surface area contributed by atoms with Crippen LogP contribution >= 0.6 is 0 Å². The zero-order chi connectivity index (χ0) is 24.2. The van der Waals surface area contributed by atoms with Crippen LogP contribution < -0.4 is 0 Å². The van der Waals surface area contributed by atoms with Crippen molar-refractivity contribution in [3.63, 3.8) is 0 Å². The van der Waals surface area contributed by atoms with Crippen LogP contribution in [0.3, 0.4) is 0 Å². The fourth-order valence-corrected chi connectivity index (χ4v) is 3.98. The van der Waals surface area contributed by atoms with Crippen molar-refractivity contribution in [3.05, 3.63) is 12.2 Å². The number of aliphatic hydroxyl groups is 2. The maximum absolute atomic E-state index is 12.2. The predicted octanol–water partition coefficient (Wildman–Crippen LogP) is 5.02. The smallest absolute Gasteiger partial charge is 0.306 e. The van der Waals surface area contributed by atoms with Crippen molar-refractivity contribution in [3.8, 4) is 0 Å². The van der Waals surface area contributed by atoms with Crippen LogP contribution in [0.4, 0.5) is 0 Å². The van der Waals surface area contributed by atoms with Gasteiger partial charge in [-0.25, -0.2) is 9.78 Å². The standard InChI is InChI=1S/C26H48O7/c1-3-5-6-7-8-9-10-11-12-13-14-15-16-17-18-19-24(29)32-25-22(28)21-30-26(25)23(20-27)33-31-4-2/h11-12,22-23,25-28H,3-10,13-21H2,1-2H3/t22-,23+,25+,26+/m0/s1. The Morgan fingerprint density at radius 3 is 2.18 bits per heavy atom.